The van der Waals surface area contributed by atoms with Crippen LogP contribution in [0.2, 0.25) is 0 Å². The molecular formula is C12H9N5. The Kier molecular flexibility index (Phi) is 2.34. The summed E-state index contributed by atoms with van der Waals surface area (Å²) in [4.78, 5) is 9.51. The SMILES string of the molecule is c1cc(-c2cnn(-c3ccncc3)n2)ccn1. The van der Waals surface area contributed by atoms with Gasteiger partial charge < -0.3 is 0 Å². The van der Waals surface area contributed by atoms with Crippen molar-refractivity contribution in [3.05, 3.63) is 55.2 Å². The molecule has 3 heterocycles. The number of hydrogen-bond acceptors (Lipinski definition) is 4. The Hall–Kier alpha value is -2.56. The number of pyridine rings is 2. The fourth-order valence-electron chi connectivity index (χ4n) is 1.52. The maximum atomic E-state index is 4.40. The van der Waals surface area contributed by atoms with Gasteiger partial charge in [0.15, 0.2) is 0 Å². The topological polar surface area (TPSA) is 56.5 Å². The lowest BCUT2D eigenvalue weighted by Gasteiger charge is -1.97. The highest BCUT2D eigenvalue weighted by molar-refractivity contribution is 5.56. The van der Waals surface area contributed by atoms with Gasteiger partial charge in [0.2, 0.25) is 0 Å². The fourth-order valence-corrected chi connectivity index (χ4v) is 1.52. The second-order valence-corrected chi connectivity index (χ2v) is 3.46. The van der Waals surface area contributed by atoms with Crippen molar-refractivity contribution in [1.29, 1.82) is 0 Å². The van der Waals surface area contributed by atoms with Gasteiger partial charge in [-0.15, -0.1) is 5.10 Å². The summed E-state index contributed by atoms with van der Waals surface area (Å²) < 4.78 is 0. The van der Waals surface area contributed by atoms with Gasteiger partial charge >= 0.3 is 0 Å². The van der Waals surface area contributed by atoms with E-state index in [1.165, 1.54) is 0 Å². The Bertz CT molecular complexity index is 549. The van der Waals surface area contributed by atoms with Crippen molar-refractivity contribution in [2.24, 2.45) is 0 Å². The van der Waals surface area contributed by atoms with E-state index in [0.717, 1.165) is 16.9 Å². The molecule has 0 amide bonds. The third-order valence-electron chi connectivity index (χ3n) is 2.36. The van der Waals surface area contributed by atoms with Crippen LogP contribution in [0.4, 0.5) is 0 Å². The van der Waals surface area contributed by atoms with Crippen LogP contribution in [0.1, 0.15) is 0 Å². The lowest BCUT2D eigenvalue weighted by molar-refractivity contribution is 0.752. The highest BCUT2D eigenvalue weighted by atomic mass is 15.5. The second kappa shape index (κ2) is 4.13. The summed E-state index contributed by atoms with van der Waals surface area (Å²) in [5.74, 6) is 0. The largest absolute Gasteiger partial charge is 0.265 e. The van der Waals surface area contributed by atoms with Gasteiger partial charge in [-0.2, -0.15) is 9.90 Å². The first-order valence-corrected chi connectivity index (χ1v) is 5.16. The first-order valence-electron chi connectivity index (χ1n) is 5.16. The summed E-state index contributed by atoms with van der Waals surface area (Å²) in [5.41, 5.74) is 2.71. The number of nitrogens with zero attached hydrogens (tertiary/aromatic N) is 5. The summed E-state index contributed by atoms with van der Waals surface area (Å²) >= 11 is 0. The first-order chi connectivity index (χ1) is 8.43. The molecular weight excluding hydrogens is 214 g/mol. The molecule has 82 valence electrons. The highest BCUT2D eigenvalue weighted by Crippen LogP contribution is 2.15. The molecule has 5 heteroatoms. The molecule has 0 atom stereocenters. The molecule has 0 N–H and O–H groups in total. The average molecular weight is 223 g/mol. The maximum absolute atomic E-state index is 4.40. The number of rotatable bonds is 2. The minimum atomic E-state index is 0.823. The van der Waals surface area contributed by atoms with E-state index in [1.54, 1.807) is 35.8 Å². The normalized spacial score (nSPS) is 10.4. The molecule has 0 aliphatic carbocycles. The van der Waals surface area contributed by atoms with Crippen molar-refractivity contribution in [3.63, 3.8) is 0 Å². The molecule has 17 heavy (non-hydrogen) atoms. The average Bonchev–Trinajstić information content (AvgIpc) is 2.90. The van der Waals surface area contributed by atoms with Gasteiger partial charge in [0.25, 0.3) is 0 Å². The van der Waals surface area contributed by atoms with Crippen LogP contribution in [-0.2, 0) is 0 Å². The standard InChI is InChI=1S/C12H9N5/c1-5-13-6-2-10(1)12-9-15-17(16-12)11-3-7-14-8-4-11/h1-9H. The van der Waals surface area contributed by atoms with Crippen molar-refractivity contribution in [1.82, 2.24) is 25.0 Å². The highest BCUT2D eigenvalue weighted by Gasteiger charge is 2.04. The van der Waals surface area contributed by atoms with E-state index in [-0.39, 0.29) is 0 Å². The summed E-state index contributed by atoms with van der Waals surface area (Å²) in [5, 5.41) is 8.62. The van der Waals surface area contributed by atoms with Crippen molar-refractivity contribution >= 4 is 0 Å². The van der Waals surface area contributed by atoms with Crippen molar-refractivity contribution in [2.45, 2.75) is 0 Å². The van der Waals surface area contributed by atoms with Gasteiger partial charge in [0, 0.05) is 30.4 Å². The Morgan fingerprint density at radius 3 is 2.18 bits per heavy atom. The molecule has 3 aromatic rings. The van der Waals surface area contributed by atoms with E-state index >= 15 is 0 Å². The molecule has 0 radical (unpaired) electrons. The van der Waals surface area contributed by atoms with Crippen molar-refractivity contribution in [2.75, 3.05) is 0 Å². The zero-order chi connectivity index (χ0) is 11.5. The van der Waals surface area contributed by atoms with Crippen LogP contribution in [0.5, 0.6) is 0 Å². The minimum absolute atomic E-state index is 0.823. The van der Waals surface area contributed by atoms with E-state index < -0.39 is 0 Å². The van der Waals surface area contributed by atoms with Crippen LogP contribution in [0.25, 0.3) is 16.9 Å². The molecule has 0 spiro atoms. The molecule has 0 aliphatic rings. The van der Waals surface area contributed by atoms with E-state index in [4.69, 9.17) is 0 Å². The Morgan fingerprint density at radius 1 is 0.824 bits per heavy atom. The van der Waals surface area contributed by atoms with E-state index in [1.807, 2.05) is 24.3 Å². The van der Waals surface area contributed by atoms with E-state index in [0.29, 0.717) is 0 Å². The zero-order valence-electron chi connectivity index (χ0n) is 8.93. The van der Waals surface area contributed by atoms with Gasteiger partial charge in [-0.3, -0.25) is 9.97 Å². The Labute approximate surface area is 97.8 Å². The van der Waals surface area contributed by atoms with Crippen LogP contribution in [0, 0.1) is 0 Å². The van der Waals surface area contributed by atoms with Crippen LogP contribution >= 0.6 is 0 Å². The molecule has 0 saturated heterocycles. The summed E-state index contributed by atoms with van der Waals surface area (Å²) in [6.07, 6.45) is 8.63. The first kappa shape index (κ1) is 9.65. The van der Waals surface area contributed by atoms with Crippen LogP contribution < -0.4 is 0 Å². The van der Waals surface area contributed by atoms with Gasteiger partial charge in [0.1, 0.15) is 5.69 Å². The maximum Gasteiger partial charge on any atom is 0.113 e. The zero-order valence-corrected chi connectivity index (χ0v) is 8.93. The third kappa shape index (κ3) is 1.90. The summed E-state index contributed by atoms with van der Waals surface area (Å²) in [6.45, 7) is 0. The summed E-state index contributed by atoms with van der Waals surface area (Å²) in [6, 6.07) is 7.52. The number of hydrogen-bond donors (Lipinski definition) is 0. The molecule has 0 saturated carbocycles. The predicted octanol–water partition coefficient (Wildman–Crippen LogP) is 1.72. The van der Waals surface area contributed by atoms with Crippen molar-refractivity contribution in [3.8, 4) is 16.9 Å². The lowest BCUT2D eigenvalue weighted by Crippen LogP contribution is -1.98. The number of aromatic nitrogens is 5. The molecule has 0 bridgehead atoms. The van der Waals surface area contributed by atoms with Crippen LogP contribution in [0.3, 0.4) is 0 Å². The van der Waals surface area contributed by atoms with Crippen molar-refractivity contribution < 1.29 is 0 Å². The van der Waals surface area contributed by atoms with E-state index in [2.05, 4.69) is 20.2 Å². The Balaban J connectivity index is 1.99. The van der Waals surface area contributed by atoms with Crippen LogP contribution in [-0.4, -0.2) is 25.0 Å². The quantitative estimate of drug-likeness (QED) is 0.663. The molecule has 3 aromatic heterocycles. The summed E-state index contributed by atoms with van der Waals surface area (Å²) in [7, 11) is 0. The predicted molar refractivity (Wildman–Crippen MR) is 62.4 cm³/mol. The van der Waals surface area contributed by atoms with E-state index in [9.17, 15) is 0 Å². The lowest BCUT2D eigenvalue weighted by atomic mass is 10.2. The molecule has 3 rings (SSSR count). The third-order valence-corrected chi connectivity index (χ3v) is 2.36. The second-order valence-electron chi connectivity index (χ2n) is 3.46. The Morgan fingerprint density at radius 2 is 1.47 bits per heavy atom. The van der Waals surface area contributed by atoms with Crippen LogP contribution in [0.15, 0.2) is 55.2 Å². The van der Waals surface area contributed by atoms with Gasteiger partial charge in [-0.25, -0.2) is 0 Å². The van der Waals surface area contributed by atoms with Gasteiger partial charge in [-0.05, 0) is 24.3 Å². The molecule has 5 nitrogen and oxygen atoms in total. The minimum Gasteiger partial charge on any atom is -0.265 e. The molecule has 0 aromatic carbocycles. The molecule has 0 fully saturated rings. The van der Waals surface area contributed by atoms with Gasteiger partial charge in [0.05, 0.1) is 11.9 Å². The monoisotopic (exact) mass is 223 g/mol. The molecule has 0 aliphatic heterocycles. The van der Waals surface area contributed by atoms with Gasteiger partial charge in [-0.1, -0.05) is 0 Å². The fraction of sp³-hybridized carbons (Fsp3) is 0. The molecule has 0 unspecified atom stereocenters. The smallest absolute Gasteiger partial charge is 0.113 e.